The monoisotopic (exact) mass is 290 g/mol. The predicted octanol–water partition coefficient (Wildman–Crippen LogP) is 4.05. The molecule has 118 valence electrons. The minimum Gasteiger partial charge on any atom is -0.373 e. The number of hydrogen-bond donors (Lipinski definition) is 1. The van der Waals surface area contributed by atoms with Gasteiger partial charge in [-0.05, 0) is 25.2 Å². The standard InChI is InChI=1S/C17H30N4/c1-5-7-14-8-6-10-21(11-9-14)16-12-15(18-4)19-17(20-16)13(2)3/h12-14H,5-11H2,1-4H3,(H,18,19,20). The Labute approximate surface area is 129 Å². The maximum absolute atomic E-state index is 4.79. The fourth-order valence-corrected chi connectivity index (χ4v) is 3.09. The first-order valence-corrected chi connectivity index (χ1v) is 8.45. The molecule has 0 saturated carbocycles. The number of aromatic nitrogens is 2. The summed E-state index contributed by atoms with van der Waals surface area (Å²) in [6.45, 7) is 8.85. The summed E-state index contributed by atoms with van der Waals surface area (Å²) in [6, 6.07) is 2.09. The van der Waals surface area contributed by atoms with Crippen molar-refractivity contribution in [3.8, 4) is 0 Å². The van der Waals surface area contributed by atoms with Crippen LogP contribution in [0.4, 0.5) is 11.6 Å². The fourth-order valence-electron chi connectivity index (χ4n) is 3.09. The summed E-state index contributed by atoms with van der Waals surface area (Å²) in [5, 5.41) is 3.17. The molecular formula is C17H30N4. The molecule has 1 aliphatic heterocycles. The quantitative estimate of drug-likeness (QED) is 0.888. The molecule has 1 unspecified atom stereocenters. The Morgan fingerprint density at radius 1 is 1.29 bits per heavy atom. The third kappa shape index (κ3) is 4.32. The van der Waals surface area contributed by atoms with E-state index in [1.807, 2.05) is 7.05 Å². The van der Waals surface area contributed by atoms with Crippen LogP contribution in [0.2, 0.25) is 0 Å². The Morgan fingerprint density at radius 2 is 2.10 bits per heavy atom. The van der Waals surface area contributed by atoms with Gasteiger partial charge in [-0.2, -0.15) is 0 Å². The highest BCUT2D eigenvalue weighted by Gasteiger charge is 2.19. The second kappa shape index (κ2) is 7.62. The van der Waals surface area contributed by atoms with Crippen LogP contribution in [0.15, 0.2) is 6.07 Å². The van der Waals surface area contributed by atoms with Crippen LogP contribution in [0.5, 0.6) is 0 Å². The van der Waals surface area contributed by atoms with Crippen LogP contribution >= 0.6 is 0 Å². The van der Waals surface area contributed by atoms with Gasteiger partial charge in [0.05, 0.1) is 0 Å². The molecule has 4 heteroatoms. The van der Waals surface area contributed by atoms with E-state index in [0.29, 0.717) is 5.92 Å². The van der Waals surface area contributed by atoms with Crippen molar-refractivity contribution in [1.82, 2.24) is 9.97 Å². The van der Waals surface area contributed by atoms with E-state index in [1.54, 1.807) is 0 Å². The van der Waals surface area contributed by atoms with Gasteiger partial charge in [-0.1, -0.05) is 33.6 Å². The smallest absolute Gasteiger partial charge is 0.135 e. The lowest BCUT2D eigenvalue weighted by Crippen LogP contribution is -2.26. The topological polar surface area (TPSA) is 41.0 Å². The molecule has 0 radical (unpaired) electrons. The molecule has 4 nitrogen and oxygen atoms in total. The van der Waals surface area contributed by atoms with E-state index >= 15 is 0 Å². The summed E-state index contributed by atoms with van der Waals surface area (Å²) >= 11 is 0. The maximum atomic E-state index is 4.79. The number of anilines is 2. The lowest BCUT2D eigenvalue weighted by atomic mass is 9.96. The lowest BCUT2D eigenvalue weighted by Gasteiger charge is -2.23. The number of rotatable bonds is 5. The van der Waals surface area contributed by atoms with Crippen molar-refractivity contribution in [2.45, 2.75) is 58.8 Å². The molecule has 1 saturated heterocycles. The Morgan fingerprint density at radius 3 is 2.76 bits per heavy atom. The van der Waals surface area contributed by atoms with Gasteiger partial charge in [-0.25, -0.2) is 9.97 Å². The minimum atomic E-state index is 0.358. The highest BCUT2D eigenvalue weighted by atomic mass is 15.2. The molecule has 0 aromatic carbocycles. The van der Waals surface area contributed by atoms with Crippen LogP contribution in [-0.4, -0.2) is 30.1 Å². The van der Waals surface area contributed by atoms with Crippen LogP contribution < -0.4 is 10.2 Å². The zero-order chi connectivity index (χ0) is 15.2. The van der Waals surface area contributed by atoms with Gasteiger partial charge in [0, 0.05) is 32.1 Å². The van der Waals surface area contributed by atoms with E-state index in [2.05, 4.69) is 42.0 Å². The summed E-state index contributed by atoms with van der Waals surface area (Å²) in [4.78, 5) is 11.8. The van der Waals surface area contributed by atoms with Gasteiger partial charge < -0.3 is 10.2 Å². The van der Waals surface area contributed by atoms with E-state index in [-0.39, 0.29) is 0 Å². The molecule has 1 aliphatic rings. The van der Waals surface area contributed by atoms with Gasteiger partial charge in [-0.3, -0.25) is 0 Å². The van der Waals surface area contributed by atoms with Gasteiger partial charge in [0.25, 0.3) is 0 Å². The summed E-state index contributed by atoms with van der Waals surface area (Å²) in [6.07, 6.45) is 6.62. The molecule has 2 heterocycles. The average Bonchev–Trinajstić information content (AvgIpc) is 2.73. The Kier molecular flexibility index (Phi) is 5.83. The third-order valence-electron chi connectivity index (χ3n) is 4.37. The van der Waals surface area contributed by atoms with Crippen molar-refractivity contribution in [2.75, 3.05) is 30.4 Å². The number of hydrogen-bond acceptors (Lipinski definition) is 4. The second-order valence-corrected chi connectivity index (χ2v) is 6.45. The van der Waals surface area contributed by atoms with Crippen molar-refractivity contribution in [3.63, 3.8) is 0 Å². The normalized spacial score (nSPS) is 19.7. The van der Waals surface area contributed by atoms with Crippen molar-refractivity contribution in [1.29, 1.82) is 0 Å². The molecule has 0 aliphatic carbocycles. The van der Waals surface area contributed by atoms with E-state index in [4.69, 9.17) is 4.98 Å². The first-order valence-electron chi connectivity index (χ1n) is 8.45. The van der Waals surface area contributed by atoms with Gasteiger partial charge >= 0.3 is 0 Å². The van der Waals surface area contributed by atoms with Crippen molar-refractivity contribution < 1.29 is 0 Å². The summed E-state index contributed by atoms with van der Waals surface area (Å²) < 4.78 is 0. The molecule has 1 aromatic rings. The molecule has 1 fully saturated rings. The van der Waals surface area contributed by atoms with Crippen LogP contribution in [-0.2, 0) is 0 Å². The van der Waals surface area contributed by atoms with Crippen LogP contribution in [0.1, 0.15) is 64.6 Å². The molecule has 1 atom stereocenters. The third-order valence-corrected chi connectivity index (χ3v) is 4.37. The van der Waals surface area contributed by atoms with Gasteiger partial charge in [0.2, 0.25) is 0 Å². The molecular weight excluding hydrogens is 260 g/mol. The fraction of sp³-hybridized carbons (Fsp3) is 0.765. The Hall–Kier alpha value is -1.32. The first-order chi connectivity index (χ1) is 10.1. The summed E-state index contributed by atoms with van der Waals surface area (Å²) in [5.41, 5.74) is 0. The minimum absolute atomic E-state index is 0.358. The highest BCUT2D eigenvalue weighted by Crippen LogP contribution is 2.26. The molecule has 1 N–H and O–H groups in total. The molecule has 1 aromatic heterocycles. The Bertz CT molecular complexity index is 444. The van der Waals surface area contributed by atoms with Crippen molar-refractivity contribution >= 4 is 11.6 Å². The number of nitrogens with zero attached hydrogens (tertiary/aromatic N) is 3. The van der Waals surface area contributed by atoms with Crippen LogP contribution in [0, 0.1) is 5.92 Å². The maximum Gasteiger partial charge on any atom is 0.135 e. The van der Waals surface area contributed by atoms with Crippen molar-refractivity contribution in [2.24, 2.45) is 5.92 Å². The molecule has 0 bridgehead atoms. The average molecular weight is 290 g/mol. The van der Waals surface area contributed by atoms with Gasteiger partial charge in [0.15, 0.2) is 0 Å². The summed E-state index contributed by atoms with van der Waals surface area (Å²) in [5.74, 6) is 4.21. The molecule has 2 rings (SSSR count). The van der Waals surface area contributed by atoms with Gasteiger partial charge in [0.1, 0.15) is 17.5 Å². The molecule has 0 spiro atoms. The number of nitrogens with one attached hydrogen (secondary N) is 1. The van der Waals surface area contributed by atoms with Crippen LogP contribution in [0.3, 0.4) is 0 Å². The second-order valence-electron chi connectivity index (χ2n) is 6.45. The Balaban J connectivity index is 2.15. The van der Waals surface area contributed by atoms with E-state index in [1.165, 1.54) is 32.1 Å². The first kappa shape index (κ1) is 16.1. The predicted molar refractivity (Wildman–Crippen MR) is 90.1 cm³/mol. The lowest BCUT2D eigenvalue weighted by molar-refractivity contribution is 0.435. The van der Waals surface area contributed by atoms with Crippen molar-refractivity contribution in [3.05, 3.63) is 11.9 Å². The van der Waals surface area contributed by atoms with Gasteiger partial charge in [-0.15, -0.1) is 0 Å². The molecule has 0 amide bonds. The SMILES string of the molecule is CCCC1CCCN(c2cc(NC)nc(C(C)C)n2)CC1. The van der Waals surface area contributed by atoms with E-state index in [9.17, 15) is 0 Å². The largest absolute Gasteiger partial charge is 0.373 e. The highest BCUT2D eigenvalue weighted by molar-refractivity contribution is 5.49. The van der Waals surface area contributed by atoms with Crippen LogP contribution in [0.25, 0.3) is 0 Å². The van der Waals surface area contributed by atoms with E-state index in [0.717, 1.165) is 36.5 Å². The zero-order valence-corrected chi connectivity index (χ0v) is 14.0. The molecule has 21 heavy (non-hydrogen) atoms. The summed E-state index contributed by atoms with van der Waals surface area (Å²) in [7, 11) is 1.93. The zero-order valence-electron chi connectivity index (χ0n) is 14.0. The van der Waals surface area contributed by atoms with E-state index < -0.39 is 0 Å².